The van der Waals surface area contributed by atoms with Crippen LogP contribution in [0.5, 0.6) is 28.7 Å². The average molecular weight is 448 g/mol. The first kappa shape index (κ1) is 21.8. The standard InChI is InChI=1S/C24H20N2O7/c1-31-20-7-5-14(10-17(20)27)24(25)13-19(29)23-18(28)11-16(12-21(23)33-24)32-22(30)8-6-15-4-2-3-9-26-15/h2-12,27-28H,13,25H2,1H3/b8-6+/t24-/m0/s1. The van der Waals surface area contributed by atoms with Crippen LogP contribution in [0, 0.1) is 0 Å². The molecule has 4 rings (SSSR count). The van der Waals surface area contributed by atoms with Gasteiger partial charge in [-0.05, 0) is 36.4 Å². The molecular weight excluding hydrogens is 428 g/mol. The van der Waals surface area contributed by atoms with Crippen molar-refractivity contribution in [3.8, 4) is 28.7 Å². The summed E-state index contributed by atoms with van der Waals surface area (Å²) in [7, 11) is 1.40. The van der Waals surface area contributed by atoms with Crippen molar-refractivity contribution in [3.05, 3.63) is 77.6 Å². The Morgan fingerprint density at radius 3 is 2.70 bits per heavy atom. The average Bonchev–Trinajstić information content (AvgIpc) is 2.77. The molecule has 4 N–H and O–H groups in total. The molecular formula is C24H20N2O7. The topological polar surface area (TPSA) is 141 Å². The van der Waals surface area contributed by atoms with E-state index in [1.54, 1.807) is 30.5 Å². The van der Waals surface area contributed by atoms with Crippen LogP contribution in [0.3, 0.4) is 0 Å². The number of ketones is 1. The molecule has 1 aliphatic rings. The van der Waals surface area contributed by atoms with Crippen LogP contribution < -0.4 is 19.9 Å². The first-order chi connectivity index (χ1) is 15.8. The largest absolute Gasteiger partial charge is 0.507 e. The van der Waals surface area contributed by atoms with Crippen LogP contribution in [0.1, 0.15) is 28.0 Å². The Morgan fingerprint density at radius 2 is 2.00 bits per heavy atom. The van der Waals surface area contributed by atoms with Gasteiger partial charge < -0.3 is 24.4 Å². The summed E-state index contributed by atoms with van der Waals surface area (Å²) in [5.41, 5.74) is 5.54. The number of hydrogen-bond donors (Lipinski definition) is 3. The summed E-state index contributed by atoms with van der Waals surface area (Å²) in [6.07, 6.45) is 3.95. The predicted octanol–water partition coefficient (Wildman–Crippen LogP) is 2.90. The van der Waals surface area contributed by atoms with E-state index in [-0.39, 0.29) is 35.0 Å². The summed E-state index contributed by atoms with van der Waals surface area (Å²) >= 11 is 0. The van der Waals surface area contributed by atoms with Crippen LogP contribution in [0.4, 0.5) is 0 Å². The second-order valence-corrected chi connectivity index (χ2v) is 7.30. The van der Waals surface area contributed by atoms with Crippen LogP contribution in [0.15, 0.2) is 60.8 Å². The van der Waals surface area contributed by atoms with E-state index in [4.69, 9.17) is 19.9 Å². The van der Waals surface area contributed by atoms with Crippen molar-refractivity contribution >= 4 is 17.8 Å². The van der Waals surface area contributed by atoms with Crippen molar-refractivity contribution in [3.63, 3.8) is 0 Å². The number of fused-ring (bicyclic) bond motifs is 1. The van der Waals surface area contributed by atoms with Crippen LogP contribution in [-0.2, 0) is 10.5 Å². The Hall–Kier alpha value is -4.37. The SMILES string of the molecule is COc1ccc([C@]2(N)CC(=O)c3c(O)cc(OC(=O)/C=C/c4ccccn4)cc3O2)cc1O. The zero-order valence-electron chi connectivity index (χ0n) is 17.5. The van der Waals surface area contributed by atoms with E-state index in [0.717, 1.165) is 6.07 Å². The lowest BCUT2D eigenvalue weighted by atomic mass is 9.90. The molecule has 168 valence electrons. The molecule has 2 aromatic carbocycles. The molecule has 1 aliphatic heterocycles. The lowest BCUT2D eigenvalue weighted by molar-refractivity contribution is -0.128. The molecule has 0 amide bonds. The van der Waals surface area contributed by atoms with E-state index in [1.807, 2.05) is 0 Å². The summed E-state index contributed by atoms with van der Waals surface area (Å²) in [6, 6.07) is 12.1. The summed E-state index contributed by atoms with van der Waals surface area (Å²) < 4.78 is 16.1. The minimum absolute atomic E-state index is 0.0449. The van der Waals surface area contributed by atoms with Crippen LogP contribution >= 0.6 is 0 Å². The zero-order chi connectivity index (χ0) is 23.6. The number of phenolic OH excluding ortho intramolecular Hbond substituents is 2. The Labute approximate surface area is 188 Å². The van der Waals surface area contributed by atoms with Crippen molar-refractivity contribution in [2.45, 2.75) is 12.1 Å². The second kappa shape index (κ2) is 8.64. The van der Waals surface area contributed by atoms with Gasteiger partial charge in [-0.3, -0.25) is 15.5 Å². The van der Waals surface area contributed by atoms with Crippen LogP contribution in [0.2, 0.25) is 0 Å². The molecule has 0 bridgehead atoms. The minimum Gasteiger partial charge on any atom is -0.507 e. The smallest absolute Gasteiger partial charge is 0.336 e. The van der Waals surface area contributed by atoms with Gasteiger partial charge >= 0.3 is 5.97 Å². The van der Waals surface area contributed by atoms with Gasteiger partial charge in [0.25, 0.3) is 0 Å². The third kappa shape index (κ3) is 4.48. The molecule has 0 radical (unpaired) electrons. The van der Waals surface area contributed by atoms with E-state index < -0.39 is 23.2 Å². The maximum absolute atomic E-state index is 12.8. The van der Waals surface area contributed by atoms with Gasteiger partial charge in [-0.2, -0.15) is 0 Å². The number of phenols is 2. The maximum Gasteiger partial charge on any atom is 0.336 e. The number of benzene rings is 2. The summed E-state index contributed by atoms with van der Waals surface area (Å²) in [5.74, 6) is -1.64. The number of aromatic hydroxyl groups is 2. The van der Waals surface area contributed by atoms with Gasteiger partial charge in [0.15, 0.2) is 23.0 Å². The number of carbonyl (C=O) groups excluding carboxylic acids is 2. The molecule has 0 unspecified atom stereocenters. The fourth-order valence-electron chi connectivity index (χ4n) is 3.45. The van der Waals surface area contributed by atoms with Crippen LogP contribution in [-0.4, -0.2) is 34.1 Å². The Bertz CT molecular complexity index is 1260. The molecule has 3 aromatic rings. The molecule has 9 heteroatoms. The van der Waals surface area contributed by atoms with Gasteiger partial charge in [0.05, 0.1) is 19.2 Å². The van der Waals surface area contributed by atoms with Gasteiger partial charge in [0.2, 0.25) is 0 Å². The van der Waals surface area contributed by atoms with E-state index >= 15 is 0 Å². The van der Waals surface area contributed by atoms with E-state index in [9.17, 15) is 19.8 Å². The number of hydrogen-bond acceptors (Lipinski definition) is 9. The van der Waals surface area contributed by atoms with E-state index in [0.29, 0.717) is 11.3 Å². The zero-order valence-corrected chi connectivity index (χ0v) is 17.5. The van der Waals surface area contributed by atoms with E-state index in [1.165, 1.54) is 37.5 Å². The fourth-order valence-corrected chi connectivity index (χ4v) is 3.45. The number of carbonyl (C=O) groups is 2. The molecule has 1 aromatic heterocycles. The number of nitrogens with zero attached hydrogens (tertiary/aromatic N) is 1. The summed E-state index contributed by atoms with van der Waals surface area (Å²) in [5, 5.41) is 20.5. The predicted molar refractivity (Wildman–Crippen MR) is 117 cm³/mol. The number of Topliss-reactive ketones (excluding diaryl/α,β-unsaturated/α-hetero) is 1. The third-order valence-electron chi connectivity index (χ3n) is 5.01. The monoisotopic (exact) mass is 448 g/mol. The van der Waals surface area contributed by atoms with Crippen molar-refractivity contribution in [2.24, 2.45) is 5.73 Å². The Kier molecular flexibility index (Phi) is 5.72. The van der Waals surface area contributed by atoms with Gasteiger partial charge in [0, 0.05) is 30.0 Å². The first-order valence-electron chi connectivity index (χ1n) is 9.85. The van der Waals surface area contributed by atoms with Gasteiger partial charge in [0.1, 0.15) is 22.8 Å². The third-order valence-corrected chi connectivity index (χ3v) is 5.01. The molecule has 2 heterocycles. The van der Waals surface area contributed by atoms with Crippen molar-refractivity contribution in [2.75, 3.05) is 7.11 Å². The molecule has 0 saturated carbocycles. The quantitative estimate of drug-likeness (QED) is 0.305. The highest BCUT2D eigenvalue weighted by Crippen LogP contribution is 2.43. The fraction of sp³-hybridized carbons (Fsp3) is 0.125. The number of pyridine rings is 1. The van der Waals surface area contributed by atoms with Crippen molar-refractivity contribution < 1.29 is 34.0 Å². The molecule has 0 spiro atoms. The summed E-state index contributed by atoms with van der Waals surface area (Å²) in [4.78, 5) is 29.0. The second-order valence-electron chi connectivity index (χ2n) is 7.30. The number of nitrogens with two attached hydrogens (primary N) is 1. The summed E-state index contributed by atoms with van der Waals surface area (Å²) in [6.45, 7) is 0. The minimum atomic E-state index is -1.62. The highest BCUT2D eigenvalue weighted by molar-refractivity contribution is 6.03. The van der Waals surface area contributed by atoms with E-state index in [2.05, 4.69) is 4.98 Å². The highest BCUT2D eigenvalue weighted by Gasteiger charge is 2.41. The lowest BCUT2D eigenvalue weighted by Crippen LogP contribution is -2.47. The number of ether oxygens (including phenoxy) is 3. The van der Waals surface area contributed by atoms with Crippen LogP contribution in [0.25, 0.3) is 6.08 Å². The molecule has 1 atom stereocenters. The first-order valence-corrected chi connectivity index (χ1v) is 9.85. The Balaban J connectivity index is 1.60. The van der Waals surface area contributed by atoms with Gasteiger partial charge in [-0.25, -0.2) is 4.79 Å². The number of esters is 1. The molecule has 0 saturated heterocycles. The van der Waals surface area contributed by atoms with Crippen molar-refractivity contribution in [1.29, 1.82) is 0 Å². The lowest BCUT2D eigenvalue weighted by Gasteiger charge is -2.35. The molecule has 0 aliphatic carbocycles. The molecule has 33 heavy (non-hydrogen) atoms. The maximum atomic E-state index is 12.8. The van der Waals surface area contributed by atoms with Gasteiger partial charge in [-0.15, -0.1) is 0 Å². The number of methoxy groups -OCH3 is 1. The normalized spacial score (nSPS) is 17.3. The molecule has 0 fully saturated rings. The number of rotatable bonds is 5. The highest BCUT2D eigenvalue weighted by atomic mass is 16.5. The Morgan fingerprint density at radius 1 is 1.18 bits per heavy atom. The number of aromatic nitrogens is 1. The van der Waals surface area contributed by atoms with Gasteiger partial charge in [-0.1, -0.05) is 6.07 Å². The molecule has 9 nitrogen and oxygen atoms in total. The van der Waals surface area contributed by atoms with Crippen molar-refractivity contribution in [1.82, 2.24) is 4.98 Å².